The van der Waals surface area contributed by atoms with E-state index in [0.717, 1.165) is 42.7 Å². The Morgan fingerprint density at radius 2 is 1.97 bits per heavy atom. The number of rotatable bonds is 5. The molecule has 2 aliphatic heterocycles. The Morgan fingerprint density at radius 3 is 2.70 bits per heavy atom. The number of hydrogen-bond acceptors (Lipinski definition) is 7. The van der Waals surface area contributed by atoms with Crippen molar-refractivity contribution in [2.24, 2.45) is 0 Å². The molecule has 1 amide bonds. The number of nitrogens with one attached hydrogen (secondary N) is 1. The summed E-state index contributed by atoms with van der Waals surface area (Å²) in [5.41, 5.74) is 3.53. The fourth-order valence-corrected chi connectivity index (χ4v) is 5.31. The van der Waals surface area contributed by atoms with Gasteiger partial charge in [0, 0.05) is 30.8 Å². The molecule has 1 N–H and O–H groups in total. The highest BCUT2D eigenvalue weighted by molar-refractivity contribution is 7.99. The van der Waals surface area contributed by atoms with E-state index in [1.54, 1.807) is 0 Å². The highest BCUT2D eigenvalue weighted by Gasteiger charge is 2.33. The summed E-state index contributed by atoms with van der Waals surface area (Å²) in [5.74, 6) is 1.01. The van der Waals surface area contributed by atoms with Crippen LogP contribution in [-0.4, -0.2) is 49.8 Å². The Labute approximate surface area is 196 Å². The van der Waals surface area contributed by atoms with Crippen LogP contribution in [-0.2, 0) is 22.6 Å². The van der Waals surface area contributed by atoms with Crippen LogP contribution < -0.4 is 5.32 Å². The third-order valence-electron chi connectivity index (χ3n) is 6.17. The summed E-state index contributed by atoms with van der Waals surface area (Å²) in [6.45, 7) is 6.06. The minimum absolute atomic E-state index is 0.107. The molecule has 0 atom stereocenters. The van der Waals surface area contributed by atoms with E-state index in [2.05, 4.69) is 21.6 Å². The molecule has 0 radical (unpaired) electrons. The van der Waals surface area contributed by atoms with Gasteiger partial charge in [0.25, 0.3) is 0 Å². The molecule has 0 spiro atoms. The first-order valence-corrected chi connectivity index (χ1v) is 12.1. The van der Waals surface area contributed by atoms with Crippen molar-refractivity contribution in [3.05, 3.63) is 47.0 Å². The second-order valence-electron chi connectivity index (χ2n) is 9.03. The van der Waals surface area contributed by atoms with Crippen molar-refractivity contribution in [2.75, 3.05) is 24.2 Å². The van der Waals surface area contributed by atoms with Crippen molar-refractivity contribution >= 4 is 34.8 Å². The molecule has 33 heavy (non-hydrogen) atoms. The van der Waals surface area contributed by atoms with E-state index in [1.807, 2.05) is 53.5 Å². The van der Waals surface area contributed by atoms with Crippen molar-refractivity contribution in [1.29, 1.82) is 5.26 Å². The standard InChI is InChI=1S/C24H26N6O2S/c1-24(2)12-17-18(13-25)21(26-16-8-4-3-5-9-16)30-22(19(17)14-32-24)27-28-23(30)33-15-20(31)29-10-6-7-11-29/h3-5,8-9,26H,6-7,10-12,14-15H2,1-2H3. The molecule has 8 nitrogen and oxygen atoms in total. The normalized spacial score (nSPS) is 17.1. The van der Waals surface area contributed by atoms with Crippen LogP contribution in [0.4, 0.5) is 11.5 Å². The summed E-state index contributed by atoms with van der Waals surface area (Å²) in [6, 6.07) is 12.2. The van der Waals surface area contributed by atoms with Crippen molar-refractivity contribution in [3.63, 3.8) is 0 Å². The van der Waals surface area contributed by atoms with E-state index in [1.165, 1.54) is 11.8 Å². The summed E-state index contributed by atoms with van der Waals surface area (Å²) in [5, 5.41) is 23.1. The van der Waals surface area contributed by atoms with Crippen LogP contribution in [0, 0.1) is 11.3 Å². The van der Waals surface area contributed by atoms with Crippen LogP contribution in [0.5, 0.6) is 0 Å². The fraction of sp³-hybridized carbons (Fsp3) is 0.417. The molecule has 0 bridgehead atoms. The molecule has 2 aromatic heterocycles. The lowest BCUT2D eigenvalue weighted by Crippen LogP contribution is -2.33. The zero-order valence-corrected chi connectivity index (χ0v) is 19.6. The highest BCUT2D eigenvalue weighted by atomic mass is 32.2. The van der Waals surface area contributed by atoms with Gasteiger partial charge >= 0.3 is 0 Å². The van der Waals surface area contributed by atoms with E-state index in [4.69, 9.17) is 4.74 Å². The molecule has 0 aliphatic carbocycles. The maximum atomic E-state index is 12.6. The van der Waals surface area contributed by atoms with Crippen LogP contribution >= 0.6 is 11.8 Å². The lowest BCUT2D eigenvalue weighted by atomic mass is 9.89. The van der Waals surface area contributed by atoms with Gasteiger partial charge in [-0.3, -0.25) is 9.20 Å². The molecule has 0 unspecified atom stereocenters. The monoisotopic (exact) mass is 462 g/mol. The van der Waals surface area contributed by atoms with Gasteiger partial charge in [-0.2, -0.15) is 5.26 Å². The number of ether oxygens (including phenoxy) is 1. The highest BCUT2D eigenvalue weighted by Crippen LogP contribution is 2.38. The van der Waals surface area contributed by atoms with E-state index in [9.17, 15) is 10.1 Å². The van der Waals surface area contributed by atoms with Crippen LogP contribution in [0.1, 0.15) is 43.4 Å². The first kappa shape index (κ1) is 21.7. The minimum Gasteiger partial charge on any atom is -0.370 e. The second-order valence-corrected chi connectivity index (χ2v) is 9.97. The van der Waals surface area contributed by atoms with Gasteiger partial charge in [-0.25, -0.2) is 0 Å². The summed E-state index contributed by atoms with van der Waals surface area (Å²) < 4.78 is 7.92. The van der Waals surface area contributed by atoms with Gasteiger partial charge in [-0.1, -0.05) is 30.0 Å². The third-order valence-corrected chi connectivity index (χ3v) is 7.09. The first-order valence-electron chi connectivity index (χ1n) is 11.2. The number of fused-ring (bicyclic) bond motifs is 3. The maximum absolute atomic E-state index is 12.6. The molecule has 1 aromatic carbocycles. The molecule has 1 fully saturated rings. The molecular formula is C24H26N6O2S. The summed E-state index contributed by atoms with van der Waals surface area (Å²) in [4.78, 5) is 14.5. The molecule has 3 aromatic rings. The summed E-state index contributed by atoms with van der Waals surface area (Å²) >= 11 is 1.35. The number of benzene rings is 1. The number of pyridine rings is 1. The van der Waals surface area contributed by atoms with Crippen LogP contribution in [0.2, 0.25) is 0 Å². The number of hydrogen-bond donors (Lipinski definition) is 1. The quantitative estimate of drug-likeness (QED) is 0.574. The molecule has 1 saturated heterocycles. The van der Waals surface area contributed by atoms with Crippen LogP contribution in [0.15, 0.2) is 35.5 Å². The smallest absolute Gasteiger partial charge is 0.233 e. The van der Waals surface area contributed by atoms with Crippen molar-refractivity contribution < 1.29 is 9.53 Å². The van der Waals surface area contributed by atoms with Gasteiger partial charge in [0.05, 0.1) is 23.5 Å². The minimum atomic E-state index is -0.374. The third kappa shape index (κ3) is 4.16. The number of carbonyl (C=O) groups excluding carboxylic acids is 1. The lowest BCUT2D eigenvalue weighted by molar-refractivity contribution is -0.127. The molecule has 4 heterocycles. The lowest BCUT2D eigenvalue weighted by Gasteiger charge is -2.33. The van der Waals surface area contributed by atoms with Gasteiger partial charge < -0.3 is 15.0 Å². The van der Waals surface area contributed by atoms with E-state index in [-0.39, 0.29) is 17.3 Å². The van der Waals surface area contributed by atoms with Crippen LogP contribution in [0.25, 0.3) is 5.65 Å². The fourth-order valence-electron chi connectivity index (χ4n) is 4.47. The Bertz CT molecular complexity index is 1240. The Morgan fingerprint density at radius 1 is 1.21 bits per heavy atom. The number of nitriles is 1. The van der Waals surface area contributed by atoms with E-state index < -0.39 is 0 Å². The number of likely N-dealkylation sites (tertiary alicyclic amines) is 1. The van der Waals surface area contributed by atoms with E-state index >= 15 is 0 Å². The Kier molecular flexibility index (Phi) is 5.72. The predicted octanol–water partition coefficient (Wildman–Crippen LogP) is 3.91. The topological polar surface area (TPSA) is 95.6 Å². The average Bonchev–Trinajstić information content (AvgIpc) is 3.48. The molecule has 0 saturated carbocycles. The number of para-hydroxylation sites is 1. The molecule has 2 aliphatic rings. The SMILES string of the molecule is CC1(C)Cc2c(C#N)c(Nc3ccccc3)n3c(SCC(=O)N4CCCC4)nnc3c2CO1. The van der Waals surface area contributed by atoms with Gasteiger partial charge in [-0.15, -0.1) is 10.2 Å². The molecular weight excluding hydrogens is 436 g/mol. The van der Waals surface area contributed by atoms with E-state index in [0.29, 0.717) is 35.2 Å². The first-order chi connectivity index (χ1) is 16.0. The zero-order valence-electron chi connectivity index (χ0n) is 18.8. The molecule has 9 heteroatoms. The number of nitrogens with zero attached hydrogens (tertiary/aromatic N) is 5. The van der Waals surface area contributed by atoms with Crippen molar-refractivity contribution in [3.8, 4) is 6.07 Å². The Balaban J connectivity index is 1.61. The predicted molar refractivity (Wildman–Crippen MR) is 127 cm³/mol. The van der Waals surface area contributed by atoms with Crippen molar-refractivity contribution in [2.45, 2.75) is 50.5 Å². The molecule has 170 valence electrons. The van der Waals surface area contributed by atoms with Gasteiger partial charge in [-0.05, 0) is 44.4 Å². The molecule has 5 rings (SSSR count). The number of anilines is 2. The Hall–Kier alpha value is -3.09. The van der Waals surface area contributed by atoms with Crippen molar-refractivity contribution in [1.82, 2.24) is 19.5 Å². The van der Waals surface area contributed by atoms with Gasteiger partial charge in [0.1, 0.15) is 11.9 Å². The van der Waals surface area contributed by atoms with Crippen LogP contribution in [0.3, 0.4) is 0 Å². The number of amides is 1. The zero-order chi connectivity index (χ0) is 23.0. The summed E-state index contributed by atoms with van der Waals surface area (Å²) in [6.07, 6.45) is 2.72. The number of thioether (sulfide) groups is 1. The number of carbonyl (C=O) groups is 1. The van der Waals surface area contributed by atoms with Gasteiger partial charge in [0.2, 0.25) is 5.91 Å². The largest absolute Gasteiger partial charge is 0.370 e. The van der Waals surface area contributed by atoms with Gasteiger partial charge in [0.15, 0.2) is 10.8 Å². The second kappa shape index (κ2) is 8.69. The number of aromatic nitrogens is 3. The average molecular weight is 463 g/mol. The maximum Gasteiger partial charge on any atom is 0.233 e. The summed E-state index contributed by atoms with van der Waals surface area (Å²) in [7, 11) is 0.